The summed E-state index contributed by atoms with van der Waals surface area (Å²) < 4.78 is 5.11. The quantitative estimate of drug-likeness (QED) is 0.856. The van der Waals surface area contributed by atoms with Crippen molar-refractivity contribution in [2.45, 2.75) is 53.0 Å². The molecule has 0 saturated carbocycles. The standard InChI is InChI=1S/C15H22N4O2/c1-5-13(15-16-8-9(2)17-15)18-14(20)7-6-12-10(3)19-21-11(12)4/h8,13H,5-7H2,1-4H3,(H,16,17)(H,18,20). The van der Waals surface area contributed by atoms with E-state index in [1.54, 1.807) is 6.20 Å². The smallest absolute Gasteiger partial charge is 0.220 e. The van der Waals surface area contributed by atoms with Crippen molar-refractivity contribution in [3.8, 4) is 0 Å². The van der Waals surface area contributed by atoms with Gasteiger partial charge in [0.05, 0.1) is 11.7 Å². The molecule has 2 heterocycles. The average Bonchev–Trinajstić information content (AvgIpc) is 3.01. The molecule has 0 aromatic carbocycles. The second kappa shape index (κ2) is 6.56. The molecule has 2 N–H and O–H groups in total. The molecule has 6 heteroatoms. The zero-order chi connectivity index (χ0) is 15.4. The third-order valence-electron chi connectivity index (χ3n) is 3.58. The Kier molecular flexibility index (Phi) is 4.77. The number of hydrogen-bond donors (Lipinski definition) is 2. The highest BCUT2D eigenvalue weighted by Crippen LogP contribution is 2.16. The summed E-state index contributed by atoms with van der Waals surface area (Å²) >= 11 is 0. The monoisotopic (exact) mass is 290 g/mol. The van der Waals surface area contributed by atoms with Crippen molar-refractivity contribution in [2.75, 3.05) is 0 Å². The lowest BCUT2D eigenvalue weighted by atomic mass is 10.1. The molecule has 0 radical (unpaired) electrons. The third kappa shape index (κ3) is 3.71. The maximum Gasteiger partial charge on any atom is 0.220 e. The lowest BCUT2D eigenvalue weighted by Crippen LogP contribution is -2.29. The van der Waals surface area contributed by atoms with Crippen LogP contribution in [0.15, 0.2) is 10.7 Å². The van der Waals surface area contributed by atoms with E-state index in [2.05, 4.69) is 20.4 Å². The number of aromatic nitrogens is 3. The van der Waals surface area contributed by atoms with Gasteiger partial charge in [0.15, 0.2) is 0 Å². The third-order valence-corrected chi connectivity index (χ3v) is 3.58. The minimum atomic E-state index is -0.0733. The van der Waals surface area contributed by atoms with E-state index in [1.807, 2.05) is 27.7 Å². The number of hydrogen-bond acceptors (Lipinski definition) is 4. The van der Waals surface area contributed by atoms with Crippen LogP contribution in [0.4, 0.5) is 0 Å². The number of rotatable bonds is 6. The Labute approximate surface area is 124 Å². The molecule has 0 aliphatic rings. The highest BCUT2D eigenvalue weighted by Gasteiger charge is 2.16. The number of aryl methyl sites for hydroxylation is 3. The van der Waals surface area contributed by atoms with E-state index in [-0.39, 0.29) is 11.9 Å². The van der Waals surface area contributed by atoms with Gasteiger partial charge in [-0.25, -0.2) is 4.98 Å². The molecule has 2 aromatic heterocycles. The summed E-state index contributed by atoms with van der Waals surface area (Å²) in [5, 5.41) is 6.91. The highest BCUT2D eigenvalue weighted by atomic mass is 16.5. The minimum absolute atomic E-state index is 0.0101. The Morgan fingerprint density at radius 1 is 1.43 bits per heavy atom. The van der Waals surface area contributed by atoms with Crippen molar-refractivity contribution in [1.29, 1.82) is 0 Å². The van der Waals surface area contributed by atoms with Crippen LogP contribution in [-0.4, -0.2) is 21.0 Å². The largest absolute Gasteiger partial charge is 0.361 e. The van der Waals surface area contributed by atoms with Gasteiger partial charge in [-0.15, -0.1) is 0 Å². The summed E-state index contributed by atoms with van der Waals surface area (Å²) in [7, 11) is 0. The van der Waals surface area contributed by atoms with Crippen LogP contribution in [0.5, 0.6) is 0 Å². The lowest BCUT2D eigenvalue weighted by Gasteiger charge is -2.14. The zero-order valence-corrected chi connectivity index (χ0v) is 13.0. The summed E-state index contributed by atoms with van der Waals surface area (Å²) in [6.07, 6.45) is 3.62. The molecule has 6 nitrogen and oxygen atoms in total. The Morgan fingerprint density at radius 2 is 2.19 bits per heavy atom. The minimum Gasteiger partial charge on any atom is -0.361 e. The van der Waals surface area contributed by atoms with E-state index in [0.717, 1.165) is 35.0 Å². The van der Waals surface area contributed by atoms with Crippen LogP contribution in [0.1, 0.15) is 54.3 Å². The topological polar surface area (TPSA) is 83.8 Å². The number of nitrogens with zero attached hydrogens (tertiary/aromatic N) is 2. The van der Waals surface area contributed by atoms with Crippen LogP contribution in [0.25, 0.3) is 0 Å². The SMILES string of the molecule is CCC(NC(=O)CCc1c(C)noc1C)c1ncc(C)[nH]1. The molecule has 2 aromatic rings. The fraction of sp³-hybridized carbons (Fsp3) is 0.533. The van der Waals surface area contributed by atoms with Gasteiger partial charge in [-0.2, -0.15) is 0 Å². The van der Waals surface area contributed by atoms with Gasteiger partial charge in [-0.1, -0.05) is 12.1 Å². The van der Waals surface area contributed by atoms with E-state index in [4.69, 9.17) is 4.52 Å². The van der Waals surface area contributed by atoms with Crippen LogP contribution in [-0.2, 0) is 11.2 Å². The van der Waals surface area contributed by atoms with Crippen molar-refractivity contribution >= 4 is 5.91 Å². The second-order valence-electron chi connectivity index (χ2n) is 5.28. The number of H-pyrrole nitrogens is 1. The normalized spacial score (nSPS) is 12.4. The van der Waals surface area contributed by atoms with Crippen LogP contribution in [0.2, 0.25) is 0 Å². The first-order valence-electron chi connectivity index (χ1n) is 7.23. The fourth-order valence-electron chi connectivity index (χ4n) is 2.34. The van der Waals surface area contributed by atoms with Gasteiger partial charge >= 0.3 is 0 Å². The van der Waals surface area contributed by atoms with E-state index >= 15 is 0 Å². The predicted molar refractivity (Wildman–Crippen MR) is 78.8 cm³/mol. The van der Waals surface area contributed by atoms with Crippen molar-refractivity contribution in [2.24, 2.45) is 0 Å². The van der Waals surface area contributed by atoms with Gasteiger partial charge in [-0.3, -0.25) is 4.79 Å². The molecule has 0 spiro atoms. The van der Waals surface area contributed by atoms with Crippen LogP contribution < -0.4 is 5.32 Å². The maximum atomic E-state index is 12.1. The molecule has 114 valence electrons. The number of aromatic amines is 1. The zero-order valence-electron chi connectivity index (χ0n) is 13.0. The molecule has 1 unspecified atom stereocenters. The second-order valence-corrected chi connectivity index (χ2v) is 5.28. The number of carbonyl (C=O) groups is 1. The predicted octanol–water partition coefficient (Wildman–Crippen LogP) is 2.52. The first kappa shape index (κ1) is 15.3. The number of imidazole rings is 1. The average molecular weight is 290 g/mol. The van der Waals surface area contributed by atoms with Crippen LogP contribution in [0.3, 0.4) is 0 Å². The van der Waals surface area contributed by atoms with E-state index in [9.17, 15) is 4.79 Å². The lowest BCUT2D eigenvalue weighted by molar-refractivity contribution is -0.121. The Balaban J connectivity index is 1.91. The van der Waals surface area contributed by atoms with Crippen LogP contribution >= 0.6 is 0 Å². The van der Waals surface area contributed by atoms with Gasteiger partial charge in [0, 0.05) is 23.9 Å². The molecule has 0 aliphatic heterocycles. The van der Waals surface area contributed by atoms with Crippen molar-refractivity contribution in [1.82, 2.24) is 20.4 Å². The highest BCUT2D eigenvalue weighted by molar-refractivity contribution is 5.76. The number of nitrogens with one attached hydrogen (secondary N) is 2. The van der Waals surface area contributed by atoms with Crippen LogP contribution in [0, 0.1) is 20.8 Å². The van der Waals surface area contributed by atoms with Gasteiger partial charge in [0.2, 0.25) is 5.91 Å². The van der Waals surface area contributed by atoms with Gasteiger partial charge in [-0.05, 0) is 33.6 Å². The van der Waals surface area contributed by atoms with E-state index < -0.39 is 0 Å². The molecular weight excluding hydrogens is 268 g/mol. The summed E-state index contributed by atoms with van der Waals surface area (Å²) in [6.45, 7) is 7.73. The number of amides is 1. The molecule has 2 rings (SSSR count). The summed E-state index contributed by atoms with van der Waals surface area (Å²) in [4.78, 5) is 19.6. The summed E-state index contributed by atoms with van der Waals surface area (Å²) in [5.41, 5.74) is 2.87. The van der Waals surface area contributed by atoms with Crippen molar-refractivity contribution < 1.29 is 9.32 Å². The maximum absolute atomic E-state index is 12.1. The first-order chi connectivity index (χ1) is 10.0. The van der Waals surface area contributed by atoms with Crippen molar-refractivity contribution in [3.63, 3.8) is 0 Å². The molecule has 21 heavy (non-hydrogen) atoms. The molecule has 0 aliphatic carbocycles. The Hall–Kier alpha value is -2.11. The van der Waals surface area contributed by atoms with E-state index in [1.165, 1.54) is 0 Å². The van der Waals surface area contributed by atoms with Crippen molar-refractivity contribution in [3.05, 3.63) is 34.7 Å². The Morgan fingerprint density at radius 3 is 2.71 bits per heavy atom. The Bertz CT molecular complexity index is 595. The molecular formula is C15H22N4O2. The van der Waals surface area contributed by atoms with Gasteiger partial charge < -0.3 is 14.8 Å². The molecule has 1 amide bonds. The summed E-state index contributed by atoms with van der Waals surface area (Å²) in [6, 6.07) is -0.0733. The molecule has 0 saturated heterocycles. The summed E-state index contributed by atoms with van der Waals surface area (Å²) in [5.74, 6) is 1.60. The first-order valence-corrected chi connectivity index (χ1v) is 7.23. The van der Waals surface area contributed by atoms with E-state index in [0.29, 0.717) is 12.8 Å². The van der Waals surface area contributed by atoms with Gasteiger partial charge in [0.1, 0.15) is 11.6 Å². The molecule has 0 bridgehead atoms. The number of carbonyl (C=O) groups excluding carboxylic acids is 1. The fourth-order valence-corrected chi connectivity index (χ4v) is 2.34. The molecule has 0 fully saturated rings. The molecule has 1 atom stereocenters. The van der Waals surface area contributed by atoms with Gasteiger partial charge in [0.25, 0.3) is 0 Å².